The van der Waals surface area contributed by atoms with Crippen molar-refractivity contribution in [2.45, 2.75) is 45.4 Å². The molecule has 0 aromatic rings. The molecular formula is C11H18O. The number of rotatable bonds is 3. The third-order valence-electron chi connectivity index (χ3n) is 2.46. The Balaban J connectivity index is 2.19. The van der Waals surface area contributed by atoms with Gasteiger partial charge in [-0.3, -0.25) is 4.79 Å². The highest BCUT2D eigenvalue weighted by molar-refractivity contribution is 5.76. The first kappa shape index (κ1) is 9.50. The van der Waals surface area contributed by atoms with Gasteiger partial charge in [0.05, 0.1) is 0 Å². The largest absolute Gasteiger partial charge is 0.300 e. The Kier molecular flexibility index (Phi) is 4.06. The van der Waals surface area contributed by atoms with Gasteiger partial charge in [0.15, 0.2) is 0 Å². The summed E-state index contributed by atoms with van der Waals surface area (Å²) < 4.78 is 0. The highest BCUT2D eigenvalue weighted by Gasteiger charge is 2.09. The van der Waals surface area contributed by atoms with Gasteiger partial charge in [0, 0.05) is 6.42 Å². The minimum atomic E-state index is 0.266. The van der Waals surface area contributed by atoms with Crippen LogP contribution in [0.3, 0.4) is 0 Å². The van der Waals surface area contributed by atoms with E-state index in [0.29, 0.717) is 6.42 Å². The second-order valence-electron chi connectivity index (χ2n) is 3.73. The zero-order chi connectivity index (χ0) is 8.81. The Bertz CT molecular complexity index is 164. The Morgan fingerprint density at radius 1 is 1.33 bits per heavy atom. The molecule has 1 aliphatic rings. The van der Waals surface area contributed by atoms with E-state index in [9.17, 15) is 4.79 Å². The highest BCUT2D eigenvalue weighted by atomic mass is 16.1. The first-order valence-electron chi connectivity index (χ1n) is 4.95. The van der Waals surface area contributed by atoms with E-state index >= 15 is 0 Å². The lowest BCUT2D eigenvalue weighted by atomic mass is 9.89. The van der Waals surface area contributed by atoms with Crippen molar-refractivity contribution in [2.24, 2.45) is 5.92 Å². The third kappa shape index (κ3) is 3.70. The molecule has 0 aliphatic heterocycles. The topological polar surface area (TPSA) is 17.1 Å². The summed E-state index contributed by atoms with van der Waals surface area (Å²) in [6, 6.07) is 0. The molecule has 68 valence electrons. The van der Waals surface area contributed by atoms with Gasteiger partial charge >= 0.3 is 0 Å². The number of carbonyl (C=O) groups is 1. The fourth-order valence-corrected chi connectivity index (χ4v) is 1.75. The molecule has 1 rings (SSSR count). The molecular weight excluding hydrogens is 148 g/mol. The van der Waals surface area contributed by atoms with Gasteiger partial charge < -0.3 is 0 Å². The molecule has 0 aromatic carbocycles. The van der Waals surface area contributed by atoms with Gasteiger partial charge in [-0.25, -0.2) is 0 Å². The van der Waals surface area contributed by atoms with Gasteiger partial charge in [-0.2, -0.15) is 0 Å². The molecule has 0 aromatic heterocycles. The first-order valence-corrected chi connectivity index (χ1v) is 4.95. The van der Waals surface area contributed by atoms with E-state index in [1.807, 2.05) is 6.08 Å². The molecule has 0 bridgehead atoms. The Labute approximate surface area is 74.9 Å². The van der Waals surface area contributed by atoms with E-state index in [0.717, 1.165) is 5.92 Å². The second-order valence-corrected chi connectivity index (χ2v) is 3.73. The predicted molar refractivity (Wildman–Crippen MR) is 51.0 cm³/mol. The van der Waals surface area contributed by atoms with Crippen LogP contribution in [0.4, 0.5) is 0 Å². The molecule has 0 N–H and O–H groups in total. The van der Waals surface area contributed by atoms with Gasteiger partial charge in [0.25, 0.3) is 0 Å². The van der Waals surface area contributed by atoms with Crippen LogP contribution in [0.15, 0.2) is 12.2 Å². The Morgan fingerprint density at radius 3 is 2.58 bits per heavy atom. The SMILES string of the molecule is CC(=O)C/C=C/C1CCCCC1. The van der Waals surface area contributed by atoms with Crippen molar-refractivity contribution in [3.05, 3.63) is 12.2 Å². The molecule has 0 amide bonds. The monoisotopic (exact) mass is 166 g/mol. The Morgan fingerprint density at radius 2 is 2.00 bits per heavy atom. The molecule has 0 atom stereocenters. The van der Waals surface area contributed by atoms with Gasteiger partial charge in [0.2, 0.25) is 0 Å². The van der Waals surface area contributed by atoms with E-state index in [4.69, 9.17) is 0 Å². The van der Waals surface area contributed by atoms with Crippen molar-refractivity contribution in [2.75, 3.05) is 0 Å². The number of hydrogen-bond donors (Lipinski definition) is 0. The average Bonchev–Trinajstić information content (AvgIpc) is 2.05. The molecule has 0 spiro atoms. The lowest BCUT2D eigenvalue weighted by molar-refractivity contribution is -0.116. The lowest BCUT2D eigenvalue weighted by Gasteiger charge is -2.17. The van der Waals surface area contributed by atoms with Crippen molar-refractivity contribution < 1.29 is 4.79 Å². The number of allylic oxidation sites excluding steroid dienone is 2. The summed E-state index contributed by atoms with van der Waals surface area (Å²) in [5.41, 5.74) is 0. The zero-order valence-electron chi connectivity index (χ0n) is 7.88. The van der Waals surface area contributed by atoms with E-state index in [1.165, 1.54) is 32.1 Å². The van der Waals surface area contributed by atoms with Crippen LogP contribution in [0.2, 0.25) is 0 Å². The molecule has 0 heterocycles. The van der Waals surface area contributed by atoms with Crippen LogP contribution in [0.1, 0.15) is 45.4 Å². The van der Waals surface area contributed by atoms with Crippen LogP contribution >= 0.6 is 0 Å². The molecule has 1 nitrogen and oxygen atoms in total. The summed E-state index contributed by atoms with van der Waals surface area (Å²) in [6.07, 6.45) is 11.7. The van der Waals surface area contributed by atoms with E-state index < -0.39 is 0 Å². The quantitative estimate of drug-likeness (QED) is 0.589. The van der Waals surface area contributed by atoms with Crippen LogP contribution in [-0.2, 0) is 4.79 Å². The maximum Gasteiger partial charge on any atom is 0.133 e. The van der Waals surface area contributed by atoms with Crippen LogP contribution in [0.25, 0.3) is 0 Å². The van der Waals surface area contributed by atoms with Gasteiger partial charge in [-0.05, 0) is 25.7 Å². The van der Waals surface area contributed by atoms with Crippen molar-refractivity contribution in [1.29, 1.82) is 0 Å². The number of Topliss-reactive ketones (excluding diaryl/α,β-unsaturated/α-hetero) is 1. The van der Waals surface area contributed by atoms with Crippen molar-refractivity contribution >= 4 is 5.78 Å². The smallest absolute Gasteiger partial charge is 0.133 e. The second kappa shape index (κ2) is 5.13. The normalized spacial score (nSPS) is 20.1. The van der Waals surface area contributed by atoms with Gasteiger partial charge in [-0.1, -0.05) is 31.4 Å². The third-order valence-corrected chi connectivity index (χ3v) is 2.46. The summed E-state index contributed by atoms with van der Waals surface area (Å²) in [5.74, 6) is 1.03. The van der Waals surface area contributed by atoms with Gasteiger partial charge in [0.1, 0.15) is 5.78 Å². The van der Waals surface area contributed by atoms with Crippen LogP contribution < -0.4 is 0 Å². The van der Waals surface area contributed by atoms with Crippen molar-refractivity contribution in [3.8, 4) is 0 Å². The predicted octanol–water partition coefficient (Wildman–Crippen LogP) is 3.10. The van der Waals surface area contributed by atoms with E-state index in [1.54, 1.807) is 6.92 Å². The molecule has 12 heavy (non-hydrogen) atoms. The summed E-state index contributed by atoms with van der Waals surface area (Å²) in [4.78, 5) is 10.6. The highest BCUT2D eigenvalue weighted by Crippen LogP contribution is 2.24. The summed E-state index contributed by atoms with van der Waals surface area (Å²) in [5, 5.41) is 0. The van der Waals surface area contributed by atoms with E-state index in [-0.39, 0.29) is 5.78 Å². The van der Waals surface area contributed by atoms with Crippen LogP contribution in [0.5, 0.6) is 0 Å². The number of carbonyl (C=O) groups excluding carboxylic acids is 1. The van der Waals surface area contributed by atoms with Crippen LogP contribution in [0, 0.1) is 5.92 Å². The van der Waals surface area contributed by atoms with Crippen molar-refractivity contribution in [1.82, 2.24) is 0 Å². The van der Waals surface area contributed by atoms with E-state index in [2.05, 4.69) is 6.08 Å². The molecule has 1 fully saturated rings. The maximum atomic E-state index is 10.6. The molecule has 0 unspecified atom stereocenters. The zero-order valence-corrected chi connectivity index (χ0v) is 7.88. The molecule has 0 saturated heterocycles. The standard InChI is InChI=1S/C11H18O/c1-10(12)6-5-9-11-7-3-2-4-8-11/h5,9,11H,2-4,6-8H2,1H3/b9-5+. The molecule has 0 radical (unpaired) electrons. The minimum absolute atomic E-state index is 0.266. The van der Waals surface area contributed by atoms with Crippen molar-refractivity contribution in [3.63, 3.8) is 0 Å². The Hall–Kier alpha value is -0.590. The first-order chi connectivity index (χ1) is 5.79. The minimum Gasteiger partial charge on any atom is -0.300 e. The summed E-state index contributed by atoms with van der Waals surface area (Å²) in [7, 11) is 0. The molecule has 1 aliphatic carbocycles. The molecule has 1 heteroatoms. The van der Waals surface area contributed by atoms with Crippen LogP contribution in [-0.4, -0.2) is 5.78 Å². The fourth-order valence-electron chi connectivity index (χ4n) is 1.75. The summed E-state index contributed by atoms with van der Waals surface area (Å²) in [6.45, 7) is 1.64. The fraction of sp³-hybridized carbons (Fsp3) is 0.727. The number of hydrogen-bond acceptors (Lipinski definition) is 1. The number of ketones is 1. The average molecular weight is 166 g/mol. The molecule has 1 saturated carbocycles. The van der Waals surface area contributed by atoms with Gasteiger partial charge in [-0.15, -0.1) is 0 Å². The lowest BCUT2D eigenvalue weighted by Crippen LogP contribution is -2.02. The summed E-state index contributed by atoms with van der Waals surface area (Å²) >= 11 is 0. The maximum absolute atomic E-state index is 10.6.